The third-order valence-corrected chi connectivity index (χ3v) is 6.94. The van der Waals surface area contributed by atoms with Crippen LogP contribution in [0.4, 0.5) is 5.82 Å². The molecule has 1 atom stereocenters. The minimum atomic E-state index is -1.26. The van der Waals surface area contributed by atoms with Gasteiger partial charge in [0.15, 0.2) is 0 Å². The molecule has 0 radical (unpaired) electrons. The van der Waals surface area contributed by atoms with Gasteiger partial charge in [0.1, 0.15) is 11.9 Å². The van der Waals surface area contributed by atoms with Gasteiger partial charge in [-0.25, -0.2) is 14.6 Å². The van der Waals surface area contributed by atoms with Gasteiger partial charge in [-0.1, -0.05) is 25.3 Å². The zero-order chi connectivity index (χ0) is 28.2. The van der Waals surface area contributed by atoms with Crippen LogP contribution in [-0.2, 0) is 28.7 Å². The number of likely N-dealkylation sites (tertiary alicyclic amines) is 1. The van der Waals surface area contributed by atoms with E-state index in [9.17, 15) is 24.0 Å². The summed E-state index contributed by atoms with van der Waals surface area (Å²) in [7, 11) is 0. The molecule has 3 fully saturated rings. The normalized spacial score (nSPS) is 19.5. The van der Waals surface area contributed by atoms with Crippen LogP contribution >= 0.6 is 0 Å². The Morgan fingerprint density at radius 2 is 1.54 bits per heavy atom. The van der Waals surface area contributed by atoms with Crippen LogP contribution in [0.25, 0.3) is 0 Å². The summed E-state index contributed by atoms with van der Waals surface area (Å²) in [6.07, 6.45) is 7.97. The zero-order valence-corrected chi connectivity index (χ0v) is 21.9. The number of hydrogen-bond donors (Lipinski definition) is 2. The zero-order valence-electron chi connectivity index (χ0n) is 21.9. The van der Waals surface area contributed by atoms with E-state index in [0.29, 0.717) is 18.7 Å². The third-order valence-electron chi connectivity index (χ3n) is 6.94. The monoisotopic (exact) mass is 544 g/mol. The Morgan fingerprint density at radius 1 is 0.923 bits per heavy atom. The van der Waals surface area contributed by atoms with Gasteiger partial charge < -0.3 is 19.8 Å². The Bertz CT molecular complexity index is 1000. The summed E-state index contributed by atoms with van der Waals surface area (Å²) < 4.78 is 5.91. The van der Waals surface area contributed by atoms with Gasteiger partial charge in [0.25, 0.3) is 0 Å². The smallest absolute Gasteiger partial charge is 0.328 e. The standard InChI is InChI=1S/C23H32N4O4.C4H4O4/c28-21-9-10-22(29)27(21)17-19(31-23(30)18-6-2-1-3-7-18)16-25-12-14-26(15-13-25)20-8-4-5-11-24-20;5-3(6)1-2-4(7)8/h4-5,8,11,18-19H,1-3,6-7,9-10,12-17H2;1-2H,(H,5,6)(H,7,8). The number of imide groups is 1. The number of amides is 2. The number of carboxylic acids is 2. The van der Waals surface area contributed by atoms with Gasteiger partial charge in [0, 0.05) is 63.9 Å². The van der Waals surface area contributed by atoms with Crippen LogP contribution < -0.4 is 4.90 Å². The molecule has 3 aliphatic rings. The Kier molecular flexibility index (Phi) is 11.4. The number of anilines is 1. The van der Waals surface area contributed by atoms with Crippen molar-refractivity contribution in [3.05, 3.63) is 36.5 Å². The van der Waals surface area contributed by atoms with E-state index in [4.69, 9.17) is 14.9 Å². The summed E-state index contributed by atoms with van der Waals surface area (Å²) in [6.45, 7) is 4.00. The fraction of sp³-hybridized carbons (Fsp3) is 0.556. The number of piperazine rings is 1. The number of ether oxygens (including phenoxy) is 1. The quantitative estimate of drug-likeness (QED) is 0.264. The number of aromatic nitrogens is 1. The number of carbonyl (C=O) groups excluding carboxylic acids is 3. The molecule has 0 aromatic carbocycles. The average molecular weight is 545 g/mol. The fourth-order valence-electron chi connectivity index (χ4n) is 4.89. The summed E-state index contributed by atoms with van der Waals surface area (Å²) in [5, 5.41) is 15.6. The largest absolute Gasteiger partial charge is 0.478 e. The highest BCUT2D eigenvalue weighted by atomic mass is 16.5. The van der Waals surface area contributed by atoms with Crippen molar-refractivity contribution in [2.24, 2.45) is 5.92 Å². The van der Waals surface area contributed by atoms with Crippen LogP contribution in [-0.4, -0.2) is 100 Å². The molecule has 4 rings (SSSR count). The lowest BCUT2D eigenvalue weighted by atomic mass is 9.89. The minimum Gasteiger partial charge on any atom is -0.478 e. The van der Waals surface area contributed by atoms with Crippen molar-refractivity contribution < 1.29 is 38.9 Å². The highest BCUT2D eigenvalue weighted by Gasteiger charge is 2.34. The average Bonchev–Trinajstić information content (AvgIpc) is 3.25. The number of carboxylic acid groups (broad SMARTS) is 2. The number of esters is 1. The predicted octanol–water partition coefficient (Wildman–Crippen LogP) is 1.56. The summed E-state index contributed by atoms with van der Waals surface area (Å²) in [6, 6.07) is 5.90. The number of carbonyl (C=O) groups is 5. The van der Waals surface area contributed by atoms with Crippen molar-refractivity contribution in [2.45, 2.75) is 51.0 Å². The molecular weight excluding hydrogens is 508 g/mol. The van der Waals surface area contributed by atoms with Gasteiger partial charge in [0.05, 0.1) is 12.5 Å². The van der Waals surface area contributed by atoms with Gasteiger partial charge >= 0.3 is 17.9 Å². The Balaban J connectivity index is 0.000000459. The van der Waals surface area contributed by atoms with Crippen molar-refractivity contribution in [3.63, 3.8) is 0 Å². The maximum atomic E-state index is 12.8. The van der Waals surface area contributed by atoms with Gasteiger partial charge in [-0.3, -0.25) is 24.2 Å². The Labute approximate surface area is 227 Å². The second-order valence-corrected chi connectivity index (χ2v) is 9.78. The van der Waals surface area contributed by atoms with Crippen molar-refractivity contribution in [3.8, 4) is 0 Å². The van der Waals surface area contributed by atoms with E-state index < -0.39 is 18.0 Å². The lowest BCUT2D eigenvalue weighted by Crippen LogP contribution is -2.51. The summed E-state index contributed by atoms with van der Waals surface area (Å²) >= 11 is 0. The van der Waals surface area contributed by atoms with Crippen LogP contribution in [0, 0.1) is 5.92 Å². The maximum Gasteiger partial charge on any atom is 0.328 e. The lowest BCUT2D eigenvalue weighted by Gasteiger charge is -2.37. The Morgan fingerprint density at radius 3 is 2.08 bits per heavy atom. The van der Waals surface area contributed by atoms with Crippen LogP contribution in [0.3, 0.4) is 0 Å². The first-order chi connectivity index (χ1) is 18.7. The molecule has 12 heteroatoms. The predicted molar refractivity (Wildman–Crippen MR) is 140 cm³/mol. The number of nitrogens with zero attached hydrogens (tertiary/aromatic N) is 4. The molecular formula is C27H36N4O8. The van der Waals surface area contributed by atoms with E-state index in [0.717, 1.165) is 57.7 Å². The van der Waals surface area contributed by atoms with Crippen molar-refractivity contribution in [1.29, 1.82) is 0 Å². The highest BCUT2D eigenvalue weighted by molar-refractivity contribution is 6.02. The van der Waals surface area contributed by atoms with Crippen LogP contribution in [0.15, 0.2) is 36.5 Å². The van der Waals surface area contributed by atoms with Crippen molar-refractivity contribution in [1.82, 2.24) is 14.8 Å². The molecule has 1 saturated carbocycles. The topological polar surface area (TPSA) is 158 Å². The number of hydrogen-bond acceptors (Lipinski definition) is 9. The summed E-state index contributed by atoms with van der Waals surface area (Å²) in [4.78, 5) is 66.4. The van der Waals surface area contributed by atoms with Gasteiger partial charge in [0.2, 0.25) is 11.8 Å². The van der Waals surface area contributed by atoms with E-state index >= 15 is 0 Å². The van der Waals surface area contributed by atoms with Crippen molar-refractivity contribution >= 4 is 35.5 Å². The molecule has 2 saturated heterocycles. The van der Waals surface area contributed by atoms with Crippen LogP contribution in [0.5, 0.6) is 0 Å². The molecule has 212 valence electrons. The molecule has 1 unspecified atom stereocenters. The molecule has 2 N–H and O–H groups in total. The van der Waals surface area contributed by atoms with Crippen LogP contribution in [0.2, 0.25) is 0 Å². The second-order valence-electron chi connectivity index (χ2n) is 9.78. The molecule has 39 heavy (non-hydrogen) atoms. The second kappa shape index (κ2) is 15.0. The number of aliphatic carboxylic acids is 2. The number of rotatable bonds is 9. The van der Waals surface area contributed by atoms with Crippen LogP contribution in [0.1, 0.15) is 44.9 Å². The summed E-state index contributed by atoms with van der Waals surface area (Å²) in [5.41, 5.74) is 0. The SMILES string of the molecule is O=C(O)C=CC(=O)O.O=C(OC(CN1CCN(c2ccccn2)CC1)CN1C(=O)CCC1=O)C1CCCCC1. The molecule has 1 aliphatic carbocycles. The molecule has 3 heterocycles. The summed E-state index contributed by atoms with van der Waals surface area (Å²) in [5.74, 6) is -2.10. The van der Waals surface area contributed by atoms with Gasteiger partial charge in [-0.15, -0.1) is 0 Å². The van der Waals surface area contributed by atoms with E-state index in [-0.39, 0.29) is 43.1 Å². The van der Waals surface area contributed by atoms with E-state index in [2.05, 4.69) is 14.8 Å². The molecule has 2 aliphatic heterocycles. The molecule has 1 aromatic rings. The minimum absolute atomic E-state index is 0.0535. The van der Waals surface area contributed by atoms with Gasteiger partial charge in [-0.2, -0.15) is 0 Å². The first kappa shape index (κ1) is 29.8. The van der Waals surface area contributed by atoms with E-state index in [1.54, 1.807) is 6.20 Å². The fourth-order valence-corrected chi connectivity index (χ4v) is 4.89. The Hall–Kier alpha value is -3.80. The molecule has 2 amide bonds. The lowest BCUT2D eigenvalue weighted by molar-refractivity contribution is -0.160. The van der Waals surface area contributed by atoms with E-state index in [1.807, 2.05) is 18.2 Å². The first-order valence-electron chi connectivity index (χ1n) is 13.3. The number of pyridine rings is 1. The first-order valence-corrected chi connectivity index (χ1v) is 13.3. The molecule has 0 spiro atoms. The molecule has 12 nitrogen and oxygen atoms in total. The molecule has 0 bridgehead atoms. The highest BCUT2D eigenvalue weighted by Crippen LogP contribution is 2.25. The van der Waals surface area contributed by atoms with E-state index in [1.165, 1.54) is 11.3 Å². The third kappa shape index (κ3) is 9.78. The van der Waals surface area contributed by atoms with Gasteiger partial charge in [-0.05, 0) is 25.0 Å². The maximum absolute atomic E-state index is 12.8. The molecule has 1 aromatic heterocycles. The van der Waals surface area contributed by atoms with Crippen molar-refractivity contribution in [2.75, 3.05) is 44.2 Å².